The molecular weight excluding hydrogens is 204 g/mol. The van der Waals surface area contributed by atoms with Gasteiger partial charge in [-0.15, -0.1) is 0 Å². The van der Waals surface area contributed by atoms with Gasteiger partial charge in [-0.05, 0) is 18.8 Å². The van der Waals surface area contributed by atoms with Gasteiger partial charge in [0, 0.05) is 39.7 Å². The summed E-state index contributed by atoms with van der Waals surface area (Å²) >= 11 is 0. The van der Waals surface area contributed by atoms with Gasteiger partial charge in [0.15, 0.2) is 0 Å². The van der Waals surface area contributed by atoms with Crippen LogP contribution < -0.4 is 5.32 Å². The number of amides is 1. The van der Waals surface area contributed by atoms with Gasteiger partial charge in [0.2, 0.25) is 5.91 Å². The summed E-state index contributed by atoms with van der Waals surface area (Å²) in [5, 5.41) is 3.47. The molecule has 0 spiro atoms. The number of hydrogen-bond donors (Lipinski definition) is 1. The summed E-state index contributed by atoms with van der Waals surface area (Å²) in [4.78, 5) is 13.0. The zero-order valence-corrected chi connectivity index (χ0v) is 10.7. The molecule has 1 heterocycles. The molecule has 1 fully saturated rings. The van der Waals surface area contributed by atoms with Gasteiger partial charge in [0.25, 0.3) is 0 Å². The molecule has 2 unspecified atom stereocenters. The lowest BCUT2D eigenvalue weighted by Gasteiger charge is -2.22. The van der Waals surface area contributed by atoms with Crippen LogP contribution in [0.3, 0.4) is 0 Å². The molecule has 94 valence electrons. The van der Waals surface area contributed by atoms with E-state index in [9.17, 15) is 4.79 Å². The second kappa shape index (κ2) is 6.86. The molecule has 4 heteroatoms. The quantitative estimate of drug-likeness (QED) is 0.733. The van der Waals surface area contributed by atoms with E-state index in [2.05, 4.69) is 12.2 Å². The molecular formula is C12H24N2O2. The SMILES string of the molecule is CCC(NCCC(=O)N(C)C)C1CCOC1. The lowest BCUT2D eigenvalue weighted by molar-refractivity contribution is -0.128. The van der Waals surface area contributed by atoms with Gasteiger partial charge in [-0.1, -0.05) is 6.92 Å². The predicted molar refractivity (Wildman–Crippen MR) is 64.3 cm³/mol. The third-order valence-corrected chi connectivity index (χ3v) is 3.22. The molecule has 4 nitrogen and oxygen atoms in total. The zero-order chi connectivity index (χ0) is 12.0. The van der Waals surface area contributed by atoms with E-state index in [1.54, 1.807) is 19.0 Å². The topological polar surface area (TPSA) is 41.6 Å². The largest absolute Gasteiger partial charge is 0.381 e. The van der Waals surface area contributed by atoms with Crippen molar-refractivity contribution >= 4 is 5.91 Å². The lowest BCUT2D eigenvalue weighted by atomic mass is 9.97. The van der Waals surface area contributed by atoms with Crippen LogP contribution in [0.4, 0.5) is 0 Å². The molecule has 0 bridgehead atoms. The third kappa shape index (κ3) is 4.10. The first-order chi connectivity index (χ1) is 7.65. The van der Waals surface area contributed by atoms with Gasteiger partial charge in [-0.25, -0.2) is 0 Å². The second-order valence-electron chi connectivity index (χ2n) is 4.63. The van der Waals surface area contributed by atoms with Gasteiger partial charge >= 0.3 is 0 Å². The molecule has 0 radical (unpaired) electrons. The van der Waals surface area contributed by atoms with E-state index in [1.807, 2.05) is 0 Å². The summed E-state index contributed by atoms with van der Waals surface area (Å²) in [6, 6.07) is 0.498. The number of carbonyl (C=O) groups is 1. The fraction of sp³-hybridized carbons (Fsp3) is 0.917. The lowest BCUT2D eigenvalue weighted by Crippen LogP contribution is -2.38. The van der Waals surface area contributed by atoms with E-state index in [1.165, 1.54) is 0 Å². The average molecular weight is 228 g/mol. The van der Waals surface area contributed by atoms with E-state index >= 15 is 0 Å². The van der Waals surface area contributed by atoms with Crippen LogP contribution in [-0.4, -0.2) is 50.7 Å². The number of ether oxygens (including phenoxy) is 1. The average Bonchev–Trinajstić information content (AvgIpc) is 2.77. The summed E-state index contributed by atoms with van der Waals surface area (Å²) in [5.74, 6) is 0.810. The predicted octanol–water partition coefficient (Wildman–Crippen LogP) is 0.869. The van der Waals surface area contributed by atoms with Gasteiger partial charge in [0.1, 0.15) is 0 Å². The minimum atomic E-state index is 0.185. The number of rotatable bonds is 6. The van der Waals surface area contributed by atoms with Crippen molar-refractivity contribution in [1.82, 2.24) is 10.2 Å². The first-order valence-electron chi connectivity index (χ1n) is 6.16. The fourth-order valence-corrected chi connectivity index (χ4v) is 2.10. The smallest absolute Gasteiger partial charge is 0.223 e. The molecule has 16 heavy (non-hydrogen) atoms. The van der Waals surface area contributed by atoms with Crippen LogP contribution in [0.25, 0.3) is 0 Å². The molecule has 1 amide bonds. The van der Waals surface area contributed by atoms with E-state index in [0.717, 1.165) is 32.6 Å². The van der Waals surface area contributed by atoms with Crippen molar-refractivity contribution in [3.05, 3.63) is 0 Å². The molecule has 0 aromatic carbocycles. The Kier molecular flexibility index (Phi) is 5.77. The van der Waals surface area contributed by atoms with Crippen molar-refractivity contribution in [3.63, 3.8) is 0 Å². The van der Waals surface area contributed by atoms with Gasteiger partial charge < -0.3 is 15.0 Å². The molecule has 2 atom stereocenters. The van der Waals surface area contributed by atoms with Crippen molar-refractivity contribution in [2.45, 2.75) is 32.2 Å². The Bertz CT molecular complexity index is 213. The fourth-order valence-electron chi connectivity index (χ4n) is 2.10. The van der Waals surface area contributed by atoms with Crippen LogP contribution in [0.1, 0.15) is 26.2 Å². The number of hydrogen-bond acceptors (Lipinski definition) is 3. The van der Waals surface area contributed by atoms with Crippen molar-refractivity contribution in [3.8, 4) is 0 Å². The van der Waals surface area contributed by atoms with E-state index in [-0.39, 0.29) is 5.91 Å². The van der Waals surface area contributed by atoms with Crippen molar-refractivity contribution in [1.29, 1.82) is 0 Å². The summed E-state index contributed by atoms with van der Waals surface area (Å²) < 4.78 is 5.39. The Labute approximate surface area is 98.3 Å². The van der Waals surface area contributed by atoms with Crippen LogP contribution in [0.15, 0.2) is 0 Å². The highest BCUT2D eigenvalue weighted by atomic mass is 16.5. The first kappa shape index (κ1) is 13.5. The van der Waals surface area contributed by atoms with Crippen molar-refractivity contribution in [2.75, 3.05) is 33.9 Å². The normalized spacial score (nSPS) is 22.1. The summed E-state index contributed by atoms with van der Waals surface area (Å²) in [6.45, 7) is 4.71. The van der Waals surface area contributed by atoms with E-state index in [0.29, 0.717) is 18.4 Å². The minimum Gasteiger partial charge on any atom is -0.381 e. The monoisotopic (exact) mass is 228 g/mol. The van der Waals surface area contributed by atoms with Gasteiger partial charge in [-0.2, -0.15) is 0 Å². The maximum absolute atomic E-state index is 11.4. The minimum absolute atomic E-state index is 0.185. The molecule has 0 aromatic heterocycles. The maximum atomic E-state index is 11.4. The molecule has 1 aliphatic rings. The highest BCUT2D eigenvalue weighted by Crippen LogP contribution is 2.18. The number of carbonyl (C=O) groups excluding carboxylic acids is 1. The van der Waals surface area contributed by atoms with E-state index in [4.69, 9.17) is 4.74 Å². The highest BCUT2D eigenvalue weighted by Gasteiger charge is 2.23. The molecule has 1 rings (SSSR count). The van der Waals surface area contributed by atoms with Gasteiger partial charge in [-0.3, -0.25) is 4.79 Å². The van der Waals surface area contributed by atoms with E-state index < -0.39 is 0 Å². The van der Waals surface area contributed by atoms with Crippen LogP contribution in [0.5, 0.6) is 0 Å². The third-order valence-electron chi connectivity index (χ3n) is 3.22. The molecule has 1 N–H and O–H groups in total. The zero-order valence-electron chi connectivity index (χ0n) is 10.7. The number of nitrogens with zero attached hydrogens (tertiary/aromatic N) is 1. The Morgan fingerprint density at radius 1 is 1.56 bits per heavy atom. The Balaban J connectivity index is 2.21. The molecule has 1 aliphatic heterocycles. The summed E-state index contributed by atoms with van der Waals surface area (Å²) in [5.41, 5.74) is 0. The molecule has 0 aliphatic carbocycles. The van der Waals surface area contributed by atoms with Crippen LogP contribution in [0.2, 0.25) is 0 Å². The van der Waals surface area contributed by atoms with Crippen LogP contribution in [-0.2, 0) is 9.53 Å². The standard InChI is InChI=1S/C12H24N2O2/c1-4-11(10-6-8-16-9-10)13-7-5-12(15)14(2)3/h10-11,13H,4-9H2,1-3H3. The Morgan fingerprint density at radius 2 is 2.31 bits per heavy atom. The van der Waals surface area contributed by atoms with Gasteiger partial charge in [0.05, 0.1) is 6.61 Å². The van der Waals surface area contributed by atoms with Crippen molar-refractivity contribution < 1.29 is 9.53 Å². The summed E-state index contributed by atoms with van der Waals surface area (Å²) in [7, 11) is 3.59. The Morgan fingerprint density at radius 3 is 2.81 bits per heavy atom. The summed E-state index contributed by atoms with van der Waals surface area (Å²) in [6.07, 6.45) is 2.83. The molecule has 0 aromatic rings. The molecule has 1 saturated heterocycles. The Hall–Kier alpha value is -0.610. The first-order valence-corrected chi connectivity index (χ1v) is 6.16. The number of nitrogens with one attached hydrogen (secondary N) is 1. The van der Waals surface area contributed by atoms with Crippen LogP contribution >= 0.6 is 0 Å². The maximum Gasteiger partial charge on any atom is 0.223 e. The highest BCUT2D eigenvalue weighted by molar-refractivity contribution is 5.75. The van der Waals surface area contributed by atoms with Crippen LogP contribution in [0, 0.1) is 5.92 Å². The second-order valence-corrected chi connectivity index (χ2v) is 4.63. The van der Waals surface area contributed by atoms with Crippen molar-refractivity contribution in [2.24, 2.45) is 5.92 Å². The molecule has 0 saturated carbocycles.